The summed E-state index contributed by atoms with van der Waals surface area (Å²) in [6, 6.07) is 0. The average molecular weight is 77.0 g/mol. The SMILES string of the molecule is C.N.[Ar].[He]. The minimum Gasteiger partial charge on any atom is -0.344 e. The average Bonchev–Trinajstić information content (AvgIpc) is 0. The fourth-order valence-corrected chi connectivity index (χ4v) is 0. The topological polar surface area (TPSA) is 35.0 Å². The first-order valence-corrected chi connectivity index (χ1v) is 0. The van der Waals surface area contributed by atoms with Gasteiger partial charge in [0.05, 0.1) is 0 Å². The summed E-state index contributed by atoms with van der Waals surface area (Å²) in [5.74, 6) is 0. The molecule has 0 aromatic rings. The monoisotopic (exact) mass is 77.0 g/mol. The van der Waals surface area contributed by atoms with Crippen molar-refractivity contribution < 1.29 is 43.9 Å². The van der Waals surface area contributed by atoms with E-state index < -0.39 is 0 Å². The van der Waals surface area contributed by atoms with Gasteiger partial charge in [0, 0.05) is 43.9 Å². The minimum absolute atomic E-state index is 0. The Morgan fingerprint density at radius 1 is 1.00 bits per heavy atom. The van der Waals surface area contributed by atoms with Gasteiger partial charge in [0.15, 0.2) is 0 Å². The molecule has 0 fully saturated rings. The van der Waals surface area contributed by atoms with E-state index in [0.717, 1.165) is 0 Å². The maximum atomic E-state index is 0. The molecule has 0 rings (SSSR count). The van der Waals surface area contributed by atoms with E-state index in [9.17, 15) is 0 Å². The molecule has 0 unspecified atom stereocenters. The maximum absolute atomic E-state index is 0. The van der Waals surface area contributed by atoms with Crippen molar-refractivity contribution in [2.75, 3.05) is 0 Å². The Morgan fingerprint density at radius 3 is 1.00 bits per heavy atom. The molecule has 0 bridgehead atoms. The van der Waals surface area contributed by atoms with Gasteiger partial charge in [-0.1, -0.05) is 7.43 Å². The molecule has 3 N–H and O–H groups in total. The number of hydrogen-bond donors (Lipinski definition) is 1. The van der Waals surface area contributed by atoms with Gasteiger partial charge in [0.2, 0.25) is 0 Å². The van der Waals surface area contributed by atoms with E-state index in [-0.39, 0.29) is 57.5 Å². The summed E-state index contributed by atoms with van der Waals surface area (Å²) in [6.07, 6.45) is 0. The van der Waals surface area contributed by atoms with E-state index in [0.29, 0.717) is 0 Å². The van der Waals surface area contributed by atoms with Crippen LogP contribution >= 0.6 is 0 Å². The van der Waals surface area contributed by atoms with Gasteiger partial charge in [0.1, 0.15) is 0 Å². The fraction of sp³-hybridized carbons (Fsp3) is 1.00. The third-order valence-electron chi connectivity index (χ3n) is 0. The Balaban J connectivity index is 0. The van der Waals surface area contributed by atoms with E-state index in [1.165, 1.54) is 0 Å². The molecule has 26 valence electrons. The van der Waals surface area contributed by atoms with Crippen LogP contribution in [0, 0.1) is 43.9 Å². The van der Waals surface area contributed by atoms with E-state index in [1.54, 1.807) is 0 Å². The van der Waals surface area contributed by atoms with Gasteiger partial charge in [-0.2, -0.15) is 0 Å². The van der Waals surface area contributed by atoms with Gasteiger partial charge in [-0.25, -0.2) is 0 Å². The second kappa shape index (κ2) is 31.7. The zero-order valence-corrected chi connectivity index (χ0v) is 2.47. The molecule has 1 nitrogen and oxygen atoms in total. The second-order valence-electron chi connectivity index (χ2n) is 0. The molecule has 0 spiro atoms. The molecule has 0 amide bonds. The molecule has 0 saturated carbocycles. The maximum Gasteiger partial charge on any atom is 0 e. The van der Waals surface area contributed by atoms with Crippen LogP contribution < -0.4 is 6.15 Å². The molecular formula is CH7ArHeN. The summed E-state index contributed by atoms with van der Waals surface area (Å²) in [5, 5.41) is 0. The summed E-state index contributed by atoms with van der Waals surface area (Å²) in [7, 11) is 0. The third kappa shape index (κ3) is 11.1. The van der Waals surface area contributed by atoms with Crippen molar-refractivity contribution in [2.24, 2.45) is 0 Å². The predicted octanol–water partition coefficient (Wildman–Crippen LogP) is 0.798. The van der Waals surface area contributed by atoms with Crippen molar-refractivity contribution in [1.82, 2.24) is 6.15 Å². The molecule has 4 heavy (non-hydrogen) atoms. The molecule has 3 heteroatoms. The van der Waals surface area contributed by atoms with Crippen molar-refractivity contribution in [3.05, 3.63) is 0 Å². The largest absolute Gasteiger partial charge is 0.344 e. The van der Waals surface area contributed by atoms with Crippen LogP contribution in [0.1, 0.15) is 7.43 Å². The van der Waals surface area contributed by atoms with Gasteiger partial charge in [-0.05, 0) is 0 Å². The van der Waals surface area contributed by atoms with Gasteiger partial charge in [0.25, 0.3) is 0 Å². The molecule has 0 radical (unpaired) electrons. The van der Waals surface area contributed by atoms with Crippen molar-refractivity contribution in [3.63, 3.8) is 0 Å². The zero-order valence-electron chi connectivity index (χ0n) is 1.77. The minimum atomic E-state index is 0. The first-order chi connectivity index (χ1) is 0. The van der Waals surface area contributed by atoms with Crippen LogP contribution in [-0.4, -0.2) is 0 Å². The van der Waals surface area contributed by atoms with Gasteiger partial charge >= 0.3 is 0 Å². The van der Waals surface area contributed by atoms with E-state index in [2.05, 4.69) is 0 Å². The Kier molecular flexibility index (Phi) is 544. The Morgan fingerprint density at radius 2 is 1.00 bits per heavy atom. The molecule has 0 saturated heterocycles. The quantitative estimate of drug-likeness (QED) is 0.456. The van der Waals surface area contributed by atoms with E-state index in [4.69, 9.17) is 0 Å². The van der Waals surface area contributed by atoms with Crippen molar-refractivity contribution >= 4 is 0 Å². The van der Waals surface area contributed by atoms with Crippen LogP contribution in [0.4, 0.5) is 0 Å². The second-order valence-corrected chi connectivity index (χ2v) is 0. The van der Waals surface area contributed by atoms with Gasteiger partial charge in [-0.15, -0.1) is 0 Å². The Bertz CT molecular complexity index is 8.00. The molecule has 0 heterocycles. The van der Waals surface area contributed by atoms with Crippen molar-refractivity contribution in [2.45, 2.75) is 7.43 Å². The summed E-state index contributed by atoms with van der Waals surface area (Å²) >= 11 is 0. The molecular weight excluding hydrogens is 70.0 g/mol. The van der Waals surface area contributed by atoms with Crippen molar-refractivity contribution in [1.29, 1.82) is 0 Å². The zero-order chi connectivity index (χ0) is 0. The number of hydrogen-bond acceptors (Lipinski definition) is 1. The Hall–Kier alpha value is 1.13. The fourth-order valence-electron chi connectivity index (χ4n) is 0. The molecule has 0 aromatic heterocycles. The van der Waals surface area contributed by atoms with Gasteiger partial charge < -0.3 is 6.15 Å². The van der Waals surface area contributed by atoms with E-state index in [1.807, 2.05) is 0 Å². The van der Waals surface area contributed by atoms with E-state index >= 15 is 0 Å². The first-order valence-electron chi connectivity index (χ1n) is 0. The summed E-state index contributed by atoms with van der Waals surface area (Å²) in [6.45, 7) is 0. The van der Waals surface area contributed by atoms with Crippen LogP contribution in [0.3, 0.4) is 0 Å². The summed E-state index contributed by atoms with van der Waals surface area (Å²) in [5.41, 5.74) is 0. The third-order valence-corrected chi connectivity index (χ3v) is 0. The predicted molar refractivity (Wildman–Crippen MR) is 11.8 cm³/mol. The van der Waals surface area contributed by atoms with Crippen molar-refractivity contribution in [3.8, 4) is 0 Å². The smallest absolute Gasteiger partial charge is 0 e. The number of rotatable bonds is 0. The van der Waals surface area contributed by atoms with Crippen LogP contribution in [-0.2, 0) is 0 Å². The normalized spacial score (nSPS) is 0. The summed E-state index contributed by atoms with van der Waals surface area (Å²) < 4.78 is 0. The summed E-state index contributed by atoms with van der Waals surface area (Å²) in [4.78, 5) is 0. The standard InChI is InChI=1S/CH4.Ar.He.H3N/h1H4;;;1H3. The molecule has 0 aliphatic rings. The Labute approximate surface area is 57.1 Å². The van der Waals surface area contributed by atoms with Gasteiger partial charge in [-0.3, -0.25) is 0 Å². The molecule has 0 atom stereocenters. The first kappa shape index (κ1) is 68.6. The van der Waals surface area contributed by atoms with Crippen LogP contribution in [0.25, 0.3) is 0 Å². The molecule has 0 aliphatic heterocycles. The van der Waals surface area contributed by atoms with Crippen LogP contribution in [0.2, 0.25) is 0 Å². The van der Waals surface area contributed by atoms with Crippen LogP contribution in [0.5, 0.6) is 0 Å². The molecule has 0 aliphatic carbocycles. The van der Waals surface area contributed by atoms with Crippen LogP contribution in [0.15, 0.2) is 0 Å². The molecule has 0 aromatic carbocycles.